The first-order valence-corrected chi connectivity index (χ1v) is 14.3. The predicted molar refractivity (Wildman–Crippen MR) is 156 cm³/mol. The van der Waals surface area contributed by atoms with Crippen molar-refractivity contribution in [2.45, 2.75) is 83.0 Å². The van der Waals surface area contributed by atoms with Crippen molar-refractivity contribution in [2.75, 3.05) is 23.8 Å². The highest BCUT2D eigenvalue weighted by Crippen LogP contribution is 2.32. The maximum Gasteiger partial charge on any atom is 0.407 e. The van der Waals surface area contributed by atoms with Gasteiger partial charge in [-0.25, -0.2) is 9.78 Å². The number of rotatable bonds is 7. The molecule has 0 bridgehead atoms. The summed E-state index contributed by atoms with van der Waals surface area (Å²) in [4.78, 5) is 21.9. The molecule has 41 heavy (non-hydrogen) atoms. The van der Waals surface area contributed by atoms with E-state index in [0.29, 0.717) is 23.4 Å². The molecule has 0 radical (unpaired) electrons. The van der Waals surface area contributed by atoms with Crippen LogP contribution in [0, 0.1) is 11.3 Å². The fraction of sp³-hybridized carbons (Fsp3) is 0.500. The van der Waals surface area contributed by atoms with Gasteiger partial charge in [-0.2, -0.15) is 15.3 Å². The zero-order valence-electron chi connectivity index (χ0n) is 23.9. The van der Waals surface area contributed by atoms with E-state index in [2.05, 4.69) is 38.3 Å². The number of anilines is 3. The molecular formula is C30H38N8O3. The first-order chi connectivity index (χ1) is 19.8. The van der Waals surface area contributed by atoms with E-state index in [1.807, 2.05) is 50.0 Å². The molecule has 1 amide bonds. The fourth-order valence-electron chi connectivity index (χ4n) is 5.27. The number of nitrogens with zero attached hydrogens (tertiary/aromatic N) is 5. The van der Waals surface area contributed by atoms with Gasteiger partial charge in [-0.05, 0) is 83.6 Å². The molecule has 2 fully saturated rings. The van der Waals surface area contributed by atoms with Crippen LogP contribution in [-0.2, 0) is 9.47 Å². The standard InChI is InChI=1S/C30H38N8O3/c1-30(2,3)41-29(39)36-24-6-4-5-23(15-24)34-27-26(21-17-33-38(19-21)25-11-13-40-14-12-25)18-32-28(37-27)35-22-9-7-20(16-31)8-10-22/h7-10,17-19,23-25H,4-6,11-15H2,1-3H3,(H,36,39)(H2,32,34,35,37). The molecule has 3 heterocycles. The lowest BCUT2D eigenvalue weighted by Crippen LogP contribution is -2.44. The fourth-order valence-corrected chi connectivity index (χ4v) is 5.27. The molecule has 2 aromatic heterocycles. The Bertz CT molecular complexity index is 1370. The van der Waals surface area contributed by atoms with E-state index >= 15 is 0 Å². The third kappa shape index (κ3) is 7.73. The van der Waals surface area contributed by atoms with Crippen LogP contribution in [0.25, 0.3) is 11.1 Å². The van der Waals surface area contributed by atoms with Gasteiger partial charge in [0.1, 0.15) is 11.4 Å². The second-order valence-corrected chi connectivity index (χ2v) is 11.7. The quantitative estimate of drug-likeness (QED) is 0.340. The molecule has 11 heteroatoms. The molecule has 5 rings (SSSR count). The van der Waals surface area contributed by atoms with E-state index in [0.717, 1.165) is 68.6 Å². The Kier molecular flexibility index (Phi) is 8.69. The lowest BCUT2D eigenvalue weighted by molar-refractivity contribution is 0.0492. The van der Waals surface area contributed by atoms with E-state index in [1.165, 1.54) is 0 Å². The third-order valence-electron chi connectivity index (χ3n) is 7.27. The van der Waals surface area contributed by atoms with Crippen molar-refractivity contribution < 1.29 is 14.3 Å². The minimum Gasteiger partial charge on any atom is -0.444 e. The molecule has 2 atom stereocenters. The molecule has 2 aliphatic rings. The van der Waals surface area contributed by atoms with Gasteiger partial charge in [0.25, 0.3) is 0 Å². The largest absolute Gasteiger partial charge is 0.444 e. The van der Waals surface area contributed by atoms with Gasteiger partial charge in [-0.3, -0.25) is 4.68 Å². The molecule has 1 aromatic carbocycles. The van der Waals surface area contributed by atoms with E-state index < -0.39 is 5.60 Å². The summed E-state index contributed by atoms with van der Waals surface area (Å²) in [5.41, 5.74) is 2.62. The Labute approximate surface area is 240 Å². The average molecular weight is 559 g/mol. The Morgan fingerprint density at radius 3 is 2.59 bits per heavy atom. The van der Waals surface area contributed by atoms with Crippen LogP contribution < -0.4 is 16.0 Å². The van der Waals surface area contributed by atoms with E-state index in [1.54, 1.807) is 12.1 Å². The van der Waals surface area contributed by atoms with Crippen molar-refractivity contribution in [3.05, 3.63) is 48.4 Å². The summed E-state index contributed by atoms with van der Waals surface area (Å²) < 4.78 is 13.0. The monoisotopic (exact) mass is 558 g/mol. The molecule has 2 unspecified atom stereocenters. The van der Waals surface area contributed by atoms with E-state index in [-0.39, 0.29) is 18.2 Å². The zero-order chi connectivity index (χ0) is 28.8. The van der Waals surface area contributed by atoms with Crippen LogP contribution in [0.1, 0.15) is 70.9 Å². The number of aromatic nitrogens is 4. The molecular weight excluding hydrogens is 520 g/mol. The number of carbonyl (C=O) groups is 1. The van der Waals surface area contributed by atoms with Crippen LogP contribution >= 0.6 is 0 Å². The minimum absolute atomic E-state index is 0.00824. The molecule has 3 aromatic rings. The highest BCUT2D eigenvalue weighted by Gasteiger charge is 2.27. The van der Waals surface area contributed by atoms with Crippen molar-refractivity contribution in [3.8, 4) is 17.2 Å². The van der Waals surface area contributed by atoms with Crippen molar-refractivity contribution in [2.24, 2.45) is 0 Å². The maximum absolute atomic E-state index is 12.4. The van der Waals surface area contributed by atoms with Crippen LogP contribution in [0.5, 0.6) is 0 Å². The summed E-state index contributed by atoms with van der Waals surface area (Å²) in [6.07, 6.45) is 10.8. The van der Waals surface area contributed by atoms with Gasteiger partial charge in [0, 0.05) is 54.5 Å². The summed E-state index contributed by atoms with van der Waals surface area (Å²) in [5.74, 6) is 1.14. The van der Waals surface area contributed by atoms with Gasteiger partial charge < -0.3 is 25.4 Å². The number of benzene rings is 1. The summed E-state index contributed by atoms with van der Waals surface area (Å²) in [7, 11) is 0. The summed E-state index contributed by atoms with van der Waals surface area (Å²) in [6, 6.07) is 9.71. The average Bonchev–Trinajstić information content (AvgIpc) is 3.43. The molecule has 216 valence electrons. The predicted octanol–water partition coefficient (Wildman–Crippen LogP) is 5.55. The number of carbonyl (C=O) groups excluding carboxylic acids is 1. The van der Waals surface area contributed by atoms with Gasteiger partial charge in [0.2, 0.25) is 5.95 Å². The number of nitrogens with one attached hydrogen (secondary N) is 3. The molecule has 1 aliphatic heterocycles. The number of ether oxygens (including phenoxy) is 2. The van der Waals surface area contributed by atoms with Crippen LogP contribution in [-0.4, -0.2) is 56.7 Å². The smallest absolute Gasteiger partial charge is 0.407 e. The first kappa shape index (κ1) is 28.4. The number of alkyl carbamates (subject to hydrolysis) is 1. The summed E-state index contributed by atoms with van der Waals surface area (Å²) >= 11 is 0. The Hall–Kier alpha value is -4.17. The molecule has 0 spiro atoms. The first-order valence-electron chi connectivity index (χ1n) is 14.3. The lowest BCUT2D eigenvalue weighted by atomic mass is 9.91. The zero-order valence-corrected chi connectivity index (χ0v) is 23.9. The van der Waals surface area contributed by atoms with Crippen molar-refractivity contribution >= 4 is 23.5 Å². The van der Waals surface area contributed by atoms with Gasteiger partial charge in [0.05, 0.1) is 23.9 Å². The third-order valence-corrected chi connectivity index (χ3v) is 7.27. The highest BCUT2D eigenvalue weighted by atomic mass is 16.6. The Morgan fingerprint density at radius 1 is 1.10 bits per heavy atom. The molecule has 3 N–H and O–H groups in total. The summed E-state index contributed by atoms with van der Waals surface area (Å²) in [5, 5.41) is 23.7. The SMILES string of the molecule is CC(C)(C)OC(=O)NC1CCCC(Nc2nc(Nc3ccc(C#N)cc3)ncc2-c2cnn(C3CCOCC3)c2)C1. The minimum atomic E-state index is -0.542. The van der Waals surface area contributed by atoms with Gasteiger partial charge in [0.15, 0.2) is 0 Å². The van der Waals surface area contributed by atoms with Crippen LogP contribution in [0.4, 0.5) is 22.2 Å². The van der Waals surface area contributed by atoms with E-state index in [4.69, 9.17) is 19.7 Å². The van der Waals surface area contributed by atoms with Crippen LogP contribution in [0.2, 0.25) is 0 Å². The van der Waals surface area contributed by atoms with Crippen LogP contribution in [0.3, 0.4) is 0 Å². The Morgan fingerprint density at radius 2 is 1.85 bits per heavy atom. The number of amides is 1. The second-order valence-electron chi connectivity index (χ2n) is 11.7. The van der Waals surface area contributed by atoms with Crippen molar-refractivity contribution in [1.29, 1.82) is 5.26 Å². The van der Waals surface area contributed by atoms with Crippen LogP contribution in [0.15, 0.2) is 42.9 Å². The number of nitriles is 1. The maximum atomic E-state index is 12.4. The van der Waals surface area contributed by atoms with Gasteiger partial charge in [-0.1, -0.05) is 0 Å². The molecule has 1 saturated heterocycles. The topological polar surface area (TPSA) is 139 Å². The van der Waals surface area contributed by atoms with Crippen molar-refractivity contribution in [3.63, 3.8) is 0 Å². The highest BCUT2D eigenvalue weighted by molar-refractivity contribution is 5.75. The second kappa shape index (κ2) is 12.6. The lowest BCUT2D eigenvalue weighted by Gasteiger charge is -2.31. The number of hydrogen-bond donors (Lipinski definition) is 3. The van der Waals surface area contributed by atoms with Gasteiger partial charge in [-0.15, -0.1) is 0 Å². The van der Waals surface area contributed by atoms with Crippen molar-refractivity contribution in [1.82, 2.24) is 25.1 Å². The normalized spacial score (nSPS) is 19.7. The van der Waals surface area contributed by atoms with Gasteiger partial charge >= 0.3 is 6.09 Å². The molecule has 11 nitrogen and oxygen atoms in total. The molecule has 1 saturated carbocycles. The number of hydrogen-bond acceptors (Lipinski definition) is 9. The Balaban J connectivity index is 1.36. The molecule has 1 aliphatic carbocycles. The van der Waals surface area contributed by atoms with E-state index in [9.17, 15) is 4.79 Å². The summed E-state index contributed by atoms with van der Waals surface area (Å²) in [6.45, 7) is 7.07.